The molecule has 104 valence electrons. The Hall–Kier alpha value is -2.23. The summed E-state index contributed by atoms with van der Waals surface area (Å²) in [6.45, 7) is 0.639. The summed E-state index contributed by atoms with van der Waals surface area (Å²) in [5, 5.41) is 3.08. The average molecular weight is 271 g/mol. The molecule has 20 heavy (non-hydrogen) atoms. The van der Waals surface area contributed by atoms with Crippen molar-refractivity contribution in [3.8, 4) is 5.75 Å². The molecular formula is C16H17NO3. The van der Waals surface area contributed by atoms with Gasteiger partial charge in [0.25, 0.3) is 0 Å². The number of carbonyl (C=O) groups excluding carboxylic acids is 1. The number of hydrogen-bond acceptors (Lipinski definition) is 3. The second-order valence-electron chi connectivity index (χ2n) is 4.87. The fourth-order valence-electron chi connectivity index (χ4n) is 2.45. The van der Waals surface area contributed by atoms with Gasteiger partial charge in [0.2, 0.25) is 5.91 Å². The number of fused-ring (bicyclic) bond motifs is 1. The Morgan fingerprint density at radius 1 is 1.25 bits per heavy atom. The van der Waals surface area contributed by atoms with Gasteiger partial charge in [-0.3, -0.25) is 4.79 Å². The number of hydrogen-bond donors (Lipinski definition) is 1. The van der Waals surface area contributed by atoms with E-state index in [0.29, 0.717) is 19.4 Å². The summed E-state index contributed by atoms with van der Waals surface area (Å²) in [5.41, 5.74) is 1.06. The van der Waals surface area contributed by atoms with Crippen LogP contribution in [0.15, 0.2) is 47.1 Å². The molecule has 4 nitrogen and oxygen atoms in total. The van der Waals surface area contributed by atoms with Crippen LogP contribution < -0.4 is 10.1 Å². The average Bonchev–Trinajstić information content (AvgIpc) is 2.99. The molecule has 2 aromatic rings. The second-order valence-corrected chi connectivity index (χ2v) is 4.87. The molecular weight excluding hydrogens is 254 g/mol. The first kappa shape index (κ1) is 12.8. The van der Waals surface area contributed by atoms with Crippen molar-refractivity contribution < 1.29 is 13.9 Å². The molecule has 4 heteroatoms. The molecule has 1 amide bonds. The van der Waals surface area contributed by atoms with E-state index in [1.165, 1.54) is 0 Å². The smallest absolute Gasteiger partial charge is 0.220 e. The number of nitrogens with one attached hydrogen (secondary N) is 1. The normalized spacial score (nSPS) is 17.1. The molecule has 3 rings (SSSR count). The standard InChI is InChI=1S/C16H17NO3/c18-16(8-7-12-4-3-10-19-12)17-14-9-11-20-15-6-2-1-5-13(14)15/h1-6,10,14H,7-9,11H2,(H,17,18)/t14-/m1/s1. The lowest BCUT2D eigenvalue weighted by Crippen LogP contribution is -2.32. The maximum Gasteiger partial charge on any atom is 0.220 e. The summed E-state index contributed by atoms with van der Waals surface area (Å²) in [4.78, 5) is 12.0. The van der Waals surface area contributed by atoms with E-state index >= 15 is 0 Å². The molecule has 0 radical (unpaired) electrons. The number of benzene rings is 1. The fraction of sp³-hybridized carbons (Fsp3) is 0.312. The van der Waals surface area contributed by atoms with Crippen molar-refractivity contribution in [3.63, 3.8) is 0 Å². The molecule has 1 N–H and O–H groups in total. The van der Waals surface area contributed by atoms with Crippen LogP contribution in [-0.2, 0) is 11.2 Å². The van der Waals surface area contributed by atoms with Gasteiger partial charge in [-0.05, 0) is 18.2 Å². The highest BCUT2D eigenvalue weighted by Gasteiger charge is 2.22. The molecule has 0 fully saturated rings. The van der Waals surface area contributed by atoms with Crippen LogP contribution in [0.2, 0.25) is 0 Å². The zero-order chi connectivity index (χ0) is 13.8. The molecule has 0 aliphatic carbocycles. The number of ether oxygens (including phenoxy) is 1. The van der Waals surface area contributed by atoms with Crippen molar-refractivity contribution in [1.29, 1.82) is 0 Å². The highest BCUT2D eigenvalue weighted by Crippen LogP contribution is 2.31. The SMILES string of the molecule is O=C(CCc1ccco1)N[C@@H]1CCOc2ccccc21. The Balaban J connectivity index is 1.59. The Morgan fingerprint density at radius 3 is 3.00 bits per heavy atom. The van der Waals surface area contributed by atoms with Crippen LogP contribution in [0.25, 0.3) is 0 Å². The van der Waals surface area contributed by atoms with Gasteiger partial charge < -0.3 is 14.5 Å². The zero-order valence-corrected chi connectivity index (χ0v) is 11.2. The summed E-state index contributed by atoms with van der Waals surface area (Å²) >= 11 is 0. The van der Waals surface area contributed by atoms with E-state index in [1.807, 2.05) is 36.4 Å². The van der Waals surface area contributed by atoms with E-state index in [9.17, 15) is 4.79 Å². The molecule has 0 unspecified atom stereocenters. The summed E-state index contributed by atoms with van der Waals surface area (Å²) < 4.78 is 10.8. The van der Waals surface area contributed by atoms with E-state index < -0.39 is 0 Å². The van der Waals surface area contributed by atoms with Gasteiger partial charge in [0.05, 0.1) is 18.9 Å². The topological polar surface area (TPSA) is 51.5 Å². The monoisotopic (exact) mass is 271 g/mol. The van der Waals surface area contributed by atoms with Crippen LogP contribution in [0.5, 0.6) is 5.75 Å². The first-order chi connectivity index (χ1) is 9.83. The third kappa shape index (κ3) is 2.85. The van der Waals surface area contributed by atoms with Crippen molar-refractivity contribution in [2.45, 2.75) is 25.3 Å². The van der Waals surface area contributed by atoms with Crippen LogP contribution in [0.4, 0.5) is 0 Å². The quantitative estimate of drug-likeness (QED) is 0.930. The highest BCUT2D eigenvalue weighted by atomic mass is 16.5. The Kier molecular flexibility index (Phi) is 3.72. The van der Waals surface area contributed by atoms with E-state index in [2.05, 4.69) is 5.32 Å². The number of furan rings is 1. The molecule has 1 aliphatic heterocycles. The van der Waals surface area contributed by atoms with Crippen LogP contribution >= 0.6 is 0 Å². The van der Waals surface area contributed by atoms with Crippen molar-refractivity contribution in [2.24, 2.45) is 0 Å². The highest BCUT2D eigenvalue weighted by molar-refractivity contribution is 5.76. The van der Waals surface area contributed by atoms with Gasteiger partial charge >= 0.3 is 0 Å². The van der Waals surface area contributed by atoms with Crippen molar-refractivity contribution in [2.75, 3.05) is 6.61 Å². The Morgan fingerprint density at radius 2 is 2.15 bits per heavy atom. The van der Waals surface area contributed by atoms with E-state index in [1.54, 1.807) is 6.26 Å². The van der Waals surface area contributed by atoms with E-state index in [4.69, 9.17) is 9.15 Å². The summed E-state index contributed by atoms with van der Waals surface area (Å²) in [7, 11) is 0. The van der Waals surface area contributed by atoms with Gasteiger partial charge in [0.1, 0.15) is 11.5 Å². The van der Waals surface area contributed by atoms with Crippen molar-refractivity contribution >= 4 is 5.91 Å². The summed E-state index contributed by atoms with van der Waals surface area (Å²) in [6, 6.07) is 11.6. The van der Waals surface area contributed by atoms with Gasteiger partial charge in [0.15, 0.2) is 0 Å². The van der Waals surface area contributed by atoms with Crippen LogP contribution in [0, 0.1) is 0 Å². The predicted octanol–water partition coefficient (Wildman–Crippen LogP) is 2.85. The molecule has 1 aromatic carbocycles. The molecule has 1 aromatic heterocycles. The van der Waals surface area contributed by atoms with Gasteiger partial charge in [-0.15, -0.1) is 0 Å². The number of carbonyl (C=O) groups is 1. The number of para-hydroxylation sites is 1. The van der Waals surface area contributed by atoms with Gasteiger partial charge in [-0.2, -0.15) is 0 Å². The minimum Gasteiger partial charge on any atom is -0.493 e. The largest absolute Gasteiger partial charge is 0.493 e. The lowest BCUT2D eigenvalue weighted by Gasteiger charge is -2.26. The maximum atomic E-state index is 12.0. The van der Waals surface area contributed by atoms with E-state index in [0.717, 1.165) is 23.5 Å². The van der Waals surface area contributed by atoms with Crippen LogP contribution in [0.1, 0.15) is 30.2 Å². The molecule has 2 heterocycles. The fourth-order valence-corrected chi connectivity index (χ4v) is 2.45. The van der Waals surface area contributed by atoms with Gasteiger partial charge in [-0.1, -0.05) is 18.2 Å². The third-order valence-electron chi connectivity index (χ3n) is 3.47. The van der Waals surface area contributed by atoms with Crippen molar-refractivity contribution in [1.82, 2.24) is 5.32 Å². The molecule has 0 bridgehead atoms. The van der Waals surface area contributed by atoms with Gasteiger partial charge in [0, 0.05) is 24.8 Å². The number of amides is 1. The predicted molar refractivity (Wildman–Crippen MR) is 74.5 cm³/mol. The molecule has 0 saturated heterocycles. The minimum absolute atomic E-state index is 0.0445. The third-order valence-corrected chi connectivity index (χ3v) is 3.47. The number of aryl methyl sites for hydroxylation is 1. The van der Waals surface area contributed by atoms with Crippen LogP contribution in [0.3, 0.4) is 0 Å². The molecule has 0 saturated carbocycles. The summed E-state index contributed by atoms with van der Waals surface area (Å²) in [6.07, 6.45) is 3.50. The number of rotatable bonds is 4. The van der Waals surface area contributed by atoms with Crippen molar-refractivity contribution in [3.05, 3.63) is 54.0 Å². The zero-order valence-electron chi connectivity index (χ0n) is 11.2. The molecule has 1 aliphatic rings. The lowest BCUT2D eigenvalue weighted by molar-refractivity contribution is -0.122. The minimum atomic E-state index is 0.0445. The maximum absolute atomic E-state index is 12.0. The Bertz CT molecular complexity index is 577. The van der Waals surface area contributed by atoms with Gasteiger partial charge in [-0.25, -0.2) is 0 Å². The summed E-state index contributed by atoms with van der Waals surface area (Å²) in [5.74, 6) is 1.76. The Labute approximate surface area is 117 Å². The second kappa shape index (κ2) is 5.82. The lowest BCUT2D eigenvalue weighted by atomic mass is 10.0. The van der Waals surface area contributed by atoms with E-state index in [-0.39, 0.29) is 11.9 Å². The first-order valence-electron chi connectivity index (χ1n) is 6.86. The first-order valence-corrected chi connectivity index (χ1v) is 6.86. The molecule has 1 atom stereocenters. The van der Waals surface area contributed by atoms with Crippen LogP contribution in [-0.4, -0.2) is 12.5 Å². The molecule has 0 spiro atoms.